The molecule has 3 aromatic carbocycles. The molecule has 1 fully saturated rings. The lowest BCUT2D eigenvalue weighted by Crippen LogP contribution is -2.42. The lowest BCUT2D eigenvalue weighted by atomic mass is 10.0. The van der Waals surface area contributed by atoms with Crippen LogP contribution in [0.25, 0.3) is 22.3 Å². The van der Waals surface area contributed by atoms with Gasteiger partial charge in [0, 0.05) is 29.3 Å². The fraction of sp³-hybridized carbons (Fsp3) is 0.212. The quantitative estimate of drug-likeness (QED) is 0.168. The third-order valence-corrected chi connectivity index (χ3v) is 7.74. The van der Waals surface area contributed by atoms with Gasteiger partial charge in [-0.2, -0.15) is 0 Å². The van der Waals surface area contributed by atoms with Gasteiger partial charge in [-0.25, -0.2) is 8.78 Å². The van der Waals surface area contributed by atoms with E-state index in [0.717, 1.165) is 45.8 Å². The molecule has 3 heterocycles. The molecule has 0 saturated carbocycles. The highest BCUT2D eigenvalue weighted by Gasteiger charge is 2.37. The molecule has 0 radical (unpaired) electrons. The van der Waals surface area contributed by atoms with Crippen molar-refractivity contribution >= 4 is 40.3 Å². The Kier molecular flexibility index (Phi) is 8.76. The lowest BCUT2D eigenvalue weighted by Gasteiger charge is -2.24. The van der Waals surface area contributed by atoms with Gasteiger partial charge in [-0.05, 0) is 81.6 Å². The molecule has 238 valence electrons. The van der Waals surface area contributed by atoms with E-state index in [-0.39, 0.29) is 24.4 Å². The highest BCUT2D eigenvalue weighted by Crippen LogP contribution is 2.34. The van der Waals surface area contributed by atoms with E-state index in [1.807, 2.05) is 32.9 Å². The van der Waals surface area contributed by atoms with E-state index >= 15 is 0 Å². The Morgan fingerprint density at radius 3 is 1.93 bits per heavy atom. The monoisotopic (exact) mass is 629 g/mol. The number of aromatic nitrogens is 2. The molecule has 0 unspecified atom stereocenters. The van der Waals surface area contributed by atoms with Gasteiger partial charge in [-0.3, -0.25) is 14.5 Å². The molecular formula is C33H33F2N7O4. The van der Waals surface area contributed by atoms with Gasteiger partial charge in [0.2, 0.25) is 11.8 Å². The van der Waals surface area contributed by atoms with E-state index in [0.29, 0.717) is 34.2 Å². The number of nitrogens with zero attached hydrogens (tertiary/aromatic N) is 3. The van der Waals surface area contributed by atoms with Gasteiger partial charge in [0.15, 0.2) is 11.6 Å². The largest absolute Gasteiger partial charge is 0.397 e. The van der Waals surface area contributed by atoms with E-state index < -0.39 is 23.6 Å². The molecular weight excluding hydrogens is 596 g/mol. The summed E-state index contributed by atoms with van der Waals surface area (Å²) in [5.74, 6) is -1.52. The summed E-state index contributed by atoms with van der Waals surface area (Å²) in [6, 6.07) is 12.9. The van der Waals surface area contributed by atoms with Gasteiger partial charge in [-0.15, -0.1) is 0 Å². The Morgan fingerprint density at radius 2 is 1.39 bits per heavy atom. The first kappa shape index (κ1) is 31.7. The Hall–Kier alpha value is -5.72. The van der Waals surface area contributed by atoms with Crippen molar-refractivity contribution in [1.82, 2.24) is 10.3 Å². The average Bonchev–Trinajstić information content (AvgIpc) is 3.68. The van der Waals surface area contributed by atoms with Crippen LogP contribution in [0.4, 0.5) is 37.2 Å². The number of aryl methyl sites for hydroxylation is 4. The number of carbonyl (C=O) groups excluding carboxylic acids is 2. The number of hydrogen-bond acceptors (Lipinski definition) is 9. The van der Waals surface area contributed by atoms with Gasteiger partial charge in [-0.1, -0.05) is 22.4 Å². The molecule has 1 atom stereocenters. The Balaban J connectivity index is 0.000000232. The number of halogens is 2. The molecule has 13 heteroatoms. The summed E-state index contributed by atoms with van der Waals surface area (Å²) < 4.78 is 37.3. The molecule has 46 heavy (non-hydrogen) atoms. The SMILES string of the molecule is Cc1noc(C)c1-c1ccc(N)c(N)c1.Cc1noc(C)c1-c1ccc(N)c(NC(=O)[C@@H]2CCC(=O)N2c2ccc(F)c(F)c2)c1. The van der Waals surface area contributed by atoms with Crippen LogP contribution >= 0.6 is 0 Å². The van der Waals surface area contributed by atoms with Crippen LogP contribution in [-0.4, -0.2) is 28.2 Å². The third-order valence-electron chi connectivity index (χ3n) is 7.74. The van der Waals surface area contributed by atoms with Crippen LogP contribution in [0.15, 0.2) is 63.6 Å². The molecule has 2 amide bonds. The second-order valence-corrected chi connectivity index (χ2v) is 10.9. The molecule has 0 bridgehead atoms. The number of carbonyl (C=O) groups is 2. The molecule has 1 aliphatic rings. The number of anilines is 5. The fourth-order valence-corrected chi connectivity index (χ4v) is 5.45. The molecule has 1 saturated heterocycles. The first-order chi connectivity index (χ1) is 21.8. The van der Waals surface area contributed by atoms with Crippen molar-refractivity contribution < 1.29 is 27.4 Å². The maximum absolute atomic E-state index is 13.7. The second kappa shape index (κ2) is 12.7. The fourth-order valence-electron chi connectivity index (χ4n) is 5.45. The minimum Gasteiger partial charge on any atom is -0.397 e. The molecule has 1 aliphatic heterocycles. The number of rotatable bonds is 5. The molecule has 0 spiro atoms. The summed E-state index contributed by atoms with van der Waals surface area (Å²) in [7, 11) is 0. The molecule has 7 N–H and O–H groups in total. The van der Waals surface area contributed by atoms with Crippen LogP contribution in [0, 0.1) is 39.3 Å². The van der Waals surface area contributed by atoms with Gasteiger partial charge in [0.25, 0.3) is 0 Å². The minimum absolute atomic E-state index is 0.117. The van der Waals surface area contributed by atoms with Crippen LogP contribution in [0.2, 0.25) is 0 Å². The second-order valence-electron chi connectivity index (χ2n) is 10.9. The Bertz CT molecular complexity index is 1910. The highest BCUT2D eigenvalue weighted by molar-refractivity contribution is 6.08. The van der Waals surface area contributed by atoms with Crippen LogP contribution in [0.3, 0.4) is 0 Å². The predicted molar refractivity (Wildman–Crippen MR) is 172 cm³/mol. The van der Waals surface area contributed by atoms with Crippen LogP contribution in [0.5, 0.6) is 0 Å². The number of hydrogen-bond donors (Lipinski definition) is 4. The zero-order valence-corrected chi connectivity index (χ0v) is 25.7. The van der Waals surface area contributed by atoms with E-state index in [1.165, 1.54) is 11.0 Å². The first-order valence-corrected chi connectivity index (χ1v) is 14.3. The minimum atomic E-state index is -1.09. The van der Waals surface area contributed by atoms with Crippen LogP contribution < -0.4 is 27.4 Å². The number of amides is 2. The normalized spacial score (nSPS) is 14.3. The van der Waals surface area contributed by atoms with Crippen molar-refractivity contribution in [1.29, 1.82) is 0 Å². The van der Waals surface area contributed by atoms with Crippen molar-refractivity contribution in [3.05, 3.63) is 89.1 Å². The summed E-state index contributed by atoms with van der Waals surface area (Å²) in [6.07, 6.45) is 0.360. The number of nitrogens with two attached hydrogens (primary N) is 3. The van der Waals surface area contributed by atoms with Crippen molar-refractivity contribution in [2.75, 3.05) is 27.4 Å². The zero-order chi connectivity index (χ0) is 33.3. The van der Waals surface area contributed by atoms with Gasteiger partial charge in [0.1, 0.15) is 17.6 Å². The van der Waals surface area contributed by atoms with Gasteiger partial charge >= 0.3 is 0 Å². The maximum Gasteiger partial charge on any atom is 0.247 e. The van der Waals surface area contributed by atoms with E-state index in [2.05, 4.69) is 15.6 Å². The lowest BCUT2D eigenvalue weighted by molar-refractivity contribution is -0.120. The topological polar surface area (TPSA) is 180 Å². The molecule has 5 aromatic rings. The molecule has 11 nitrogen and oxygen atoms in total. The smallest absolute Gasteiger partial charge is 0.247 e. The summed E-state index contributed by atoms with van der Waals surface area (Å²) in [5, 5.41) is 10.6. The van der Waals surface area contributed by atoms with Crippen molar-refractivity contribution in [2.24, 2.45) is 0 Å². The van der Waals surface area contributed by atoms with Crippen molar-refractivity contribution in [2.45, 2.75) is 46.6 Å². The number of benzene rings is 3. The molecule has 2 aromatic heterocycles. The summed E-state index contributed by atoms with van der Waals surface area (Å²) in [4.78, 5) is 26.6. The Labute approximate surface area is 263 Å². The summed E-state index contributed by atoms with van der Waals surface area (Å²) in [5.41, 5.74) is 24.5. The number of nitrogens with one attached hydrogen (secondary N) is 1. The van der Waals surface area contributed by atoms with Crippen molar-refractivity contribution in [3.8, 4) is 22.3 Å². The van der Waals surface area contributed by atoms with Crippen molar-refractivity contribution in [3.63, 3.8) is 0 Å². The average molecular weight is 630 g/mol. The number of nitrogen functional groups attached to an aromatic ring is 3. The van der Waals surface area contributed by atoms with E-state index in [1.54, 1.807) is 31.2 Å². The van der Waals surface area contributed by atoms with Crippen LogP contribution in [0.1, 0.15) is 35.7 Å². The first-order valence-electron chi connectivity index (χ1n) is 14.3. The molecule has 6 rings (SSSR count). The summed E-state index contributed by atoms with van der Waals surface area (Å²) in [6.45, 7) is 7.37. The Morgan fingerprint density at radius 1 is 0.804 bits per heavy atom. The standard InChI is InChI=1S/C22H20F2N4O3.C11H13N3O/c1-11-21(12(2)31-27-11)13-3-6-17(25)18(9-13)26-22(30)19-7-8-20(29)28(19)14-4-5-15(23)16(24)10-14;1-6-11(7(2)15-14-6)8-3-4-9(12)10(13)5-8/h3-6,9-10,19H,7-8,25H2,1-2H3,(H,26,30);3-5H,12-13H2,1-2H3/t19-;/m0./s1. The van der Waals surface area contributed by atoms with Gasteiger partial charge < -0.3 is 31.6 Å². The van der Waals surface area contributed by atoms with Crippen LogP contribution in [-0.2, 0) is 9.59 Å². The molecule has 0 aliphatic carbocycles. The predicted octanol–water partition coefficient (Wildman–Crippen LogP) is 6.08. The zero-order valence-electron chi connectivity index (χ0n) is 25.7. The summed E-state index contributed by atoms with van der Waals surface area (Å²) >= 11 is 0. The third kappa shape index (κ3) is 6.25. The van der Waals surface area contributed by atoms with Gasteiger partial charge in [0.05, 0.1) is 34.1 Å². The van der Waals surface area contributed by atoms with E-state index in [9.17, 15) is 18.4 Å². The highest BCUT2D eigenvalue weighted by atomic mass is 19.2. The van der Waals surface area contributed by atoms with E-state index in [4.69, 9.17) is 26.2 Å². The maximum atomic E-state index is 13.7.